The number of rotatable bonds is 10. The molecule has 172 valence electrons. The maximum absolute atomic E-state index is 13.1. The number of ether oxygens (including phenoxy) is 1. The lowest BCUT2D eigenvalue weighted by Gasteiger charge is -2.53. The Labute approximate surface area is 190 Å². The predicted octanol–water partition coefficient (Wildman–Crippen LogP) is 4.88. The zero-order chi connectivity index (χ0) is 22.8. The lowest BCUT2D eigenvalue weighted by Crippen LogP contribution is -2.57. The summed E-state index contributed by atoms with van der Waals surface area (Å²) < 4.78 is 5.58. The third-order valence-corrected chi connectivity index (χ3v) is 7.18. The minimum absolute atomic E-state index is 0.0264. The Morgan fingerprint density at radius 1 is 0.906 bits per heavy atom. The maximum Gasteiger partial charge on any atom is 0.312 e. The quantitative estimate of drug-likeness (QED) is 0.363. The van der Waals surface area contributed by atoms with Crippen LogP contribution in [-0.2, 0) is 20.7 Å². The molecule has 0 radical (unpaired) electrons. The molecule has 0 aromatic heterocycles. The van der Waals surface area contributed by atoms with Crippen LogP contribution in [0.25, 0.3) is 0 Å². The van der Waals surface area contributed by atoms with Crippen LogP contribution >= 0.6 is 0 Å². The first kappa shape index (κ1) is 22.8. The lowest BCUT2D eigenvalue weighted by molar-refractivity contribution is -0.167. The van der Waals surface area contributed by atoms with E-state index in [1.54, 1.807) is 36.4 Å². The maximum atomic E-state index is 13.1. The van der Waals surface area contributed by atoms with Gasteiger partial charge >= 0.3 is 5.97 Å². The molecule has 0 heterocycles. The van der Waals surface area contributed by atoms with Crippen LogP contribution in [0.2, 0.25) is 0 Å². The van der Waals surface area contributed by atoms with E-state index in [0.717, 1.165) is 19.3 Å². The van der Waals surface area contributed by atoms with E-state index in [4.69, 9.17) is 4.74 Å². The summed E-state index contributed by atoms with van der Waals surface area (Å²) in [5, 5.41) is 34.1. The molecule has 2 aromatic carbocycles. The molecule has 5 heteroatoms. The second-order valence-electron chi connectivity index (χ2n) is 9.27. The zero-order valence-electron chi connectivity index (χ0n) is 18.8. The Bertz CT molecular complexity index is 970. The largest absolute Gasteiger partial charge is 0.508 e. The number of fused-ring (bicyclic) bond motifs is 1. The number of aliphatic hydroxyl groups is 2. The van der Waals surface area contributed by atoms with E-state index in [1.165, 1.54) is 38.2 Å². The fourth-order valence-electron chi connectivity index (χ4n) is 5.54. The molecule has 0 saturated carbocycles. The molecule has 0 saturated heterocycles. The van der Waals surface area contributed by atoms with Gasteiger partial charge in [0, 0.05) is 12.0 Å². The number of hydrogen-bond acceptors (Lipinski definition) is 5. The van der Waals surface area contributed by atoms with Crippen molar-refractivity contribution in [3.63, 3.8) is 0 Å². The number of carbonyl (C=O) groups is 1. The minimum Gasteiger partial charge on any atom is -0.508 e. The van der Waals surface area contributed by atoms with Crippen LogP contribution in [0.5, 0.6) is 5.75 Å². The number of unbranched alkanes of at least 4 members (excludes halogenated alkanes) is 7. The molecule has 2 aromatic rings. The van der Waals surface area contributed by atoms with Gasteiger partial charge in [0.25, 0.3) is 0 Å². The van der Waals surface area contributed by atoms with Crippen LogP contribution in [0.15, 0.2) is 42.5 Å². The average molecular weight is 439 g/mol. The highest BCUT2D eigenvalue weighted by atomic mass is 16.5. The number of phenols is 1. The SMILES string of the molecule is CCCCCCCCCCOC(=O)C1CC2(O)c3ccccc3C1(O)c1cccc(O)c12. The summed E-state index contributed by atoms with van der Waals surface area (Å²) in [6.07, 6.45) is 9.20. The molecule has 0 amide bonds. The van der Waals surface area contributed by atoms with Crippen molar-refractivity contribution in [3.05, 3.63) is 64.7 Å². The first-order chi connectivity index (χ1) is 15.4. The van der Waals surface area contributed by atoms with Crippen molar-refractivity contribution in [2.24, 2.45) is 5.92 Å². The van der Waals surface area contributed by atoms with Gasteiger partial charge in [-0.05, 0) is 29.2 Å². The third kappa shape index (κ3) is 3.71. The van der Waals surface area contributed by atoms with E-state index >= 15 is 0 Å². The normalized spacial score (nSPS) is 25.3. The second-order valence-corrected chi connectivity index (χ2v) is 9.27. The van der Waals surface area contributed by atoms with Crippen molar-refractivity contribution in [1.82, 2.24) is 0 Å². The summed E-state index contributed by atoms with van der Waals surface area (Å²) in [7, 11) is 0. The summed E-state index contributed by atoms with van der Waals surface area (Å²) in [4.78, 5) is 13.1. The van der Waals surface area contributed by atoms with Crippen LogP contribution in [-0.4, -0.2) is 27.9 Å². The monoisotopic (exact) mass is 438 g/mol. The predicted molar refractivity (Wildman–Crippen MR) is 122 cm³/mol. The number of esters is 1. The summed E-state index contributed by atoms with van der Waals surface area (Å²) in [5.41, 5.74) is -1.51. The van der Waals surface area contributed by atoms with Gasteiger partial charge in [-0.2, -0.15) is 0 Å². The summed E-state index contributed by atoms with van der Waals surface area (Å²) in [5.74, 6) is -1.52. The molecule has 0 aliphatic heterocycles. The molecular weight excluding hydrogens is 404 g/mol. The Hall–Kier alpha value is -2.37. The van der Waals surface area contributed by atoms with Gasteiger partial charge < -0.3 is 20.1 Å². The molecule has 2 bridgehead atoms. The first-order valence-electron chi connectivity index (χ1n) is 12.0. The van der Waals surface area contributed by atoms with Gasteiger partial charge in [-0.3, -0.25) is 4.79 Å². The highest BCUT2D eigenvalue weighted by Gasteiger charge is 2.63. The first-order valence-corrected chi connectivity index (χ1v) is 12.0. The highest BCUT2D eigenvalue weighted by Crippen LogP contribution is 2.61. The van der Waals surface area contributed by atoms with Crippen LogP contribution in [0, 0.1) is 5.92 Å². The van der Waals surface area contributed by atoms with Gasteiger partial charge in [-0.15, -0.1) is 0 Å². The summed E-state index contributed by atoms with van der Waals surface area (Å²) >= 11 is 0. The number of aromatic hydroxyl groups is 1. The van der Waals surface area contributed by atoms with Crippen LogP contribution in [0.4, 0.5) is 0 Å². The molecule has 0 spiro atoms. The molecule has 3 unspecified atom stereocenters. The van der Waals surface area contributed by atoms with E-state index in [1.807, 2.05) is 0 Å². The van der Waals surface area contributed by atoms with Gasteiger partial charge in [0.15, 0.2) is 0 Å². The average Bonchev–Trinajstić information content (AvgIpc) is 2.79. The Kier molecular flexibility index (Phi) is 6.59. The van der Waals surface area contributed by atoms with Crippen molar-refractivity contribution >= 4 is 5.97 Å². The third-order valence-electron chi connectivity index (χ3n) is 7.18. The Morgan fingerprint density at radius 2 is 1.53 bits per heavy atom. The molecule has 3 aliphatic rings. The van der Waals surface area contributed by atoms with Crippen LogP contribution < -0.4 is 0 Å². The standard InChI is InChI=1S/C27H34O5/c1-2-3-4-5-6-7-8-11-17-32-25(29)22-18-26(30)19-13-9-10-14-20(19)27(22,31)21-15-12-16-23(28)24(21)26/h9-10,12-16,22,28,30-31H,2-8,11,17-18H2,1H3. The fraction of sp³-hybridized carbons (Fsp3) is 0.519. The van der Waals surface area contributed by atoms with Gasteiger partial charge in [-0.1, -0.05) is 88.3 Å². The Morgan fingerprint density at radius 3 is 2.25 bits per heavy atom. The van der Waals surface area contributed by atoms with E-state index < -0.39 is 23.1 Å². The van der Waals surface area contributed by atoms with E-state index in [0.29, 0.717) is 23.3 Å². The van der Waals surface area contributed by atoms with Gasteiger partial charge in [-0.25, -0.2) is 0 Å². The van der Waals surface area contributed by atoms with E-state index in [9.17, 15) is 20.1 Å². The number of phenolic OH excluding ortho intramolecular Hbond substituents is 1. The van der Waals surface area contributed by atoms with Crippen molar-refractivity contribution in [1.29, 1.82) is 0 Å². The molecule has 3 atom stereocenters. The van der Waals surface area contributed by atoms with Gasteiger partial charge in [0.1, 0.15) is 17.0 Å². The summed E-state index contributed by atoms with van der Waals surface area (Å²) in [6.45, 7) is 2.52. The molecule has 5 nitrogen and oxygen atoms in total. The highest BCUT2D eigenvalue weighted by molar-refractivity contribution is 5.80. The molecular formula is C27H34O5. The lowest BCUT2D eigenvalue weighted by atomic mass is 9.54. The van der Waals surface area contributed by atoms with E-state index in [2.05, 4.69) is 6.92 Å². The second kappa shape index (κ2) is 9.24. The van der Waals surface area contributed by atoms with Gasteiger partial charge in [0.05, 0.1) is 12.5 Å². The molecule has 3 N–H and O–H groups in total. The van der Waals surface area contributed by atoms with Crippen molar-refractivity contribution in [2.45, 2.75) is 75.9 Å². The smallest absolute Gasteiger partial charge is 0.312 e. The topological polar surface area (TPSA) is 87.0 Å². The molecule has 0 fully saturated rings. The van der Waals surface area contributed by atoms with Crippen LogP contribution in [0.1, 0.15) is 87.0 Å². The van der Waals surface area contributed by atoms with E-state index in [-0.39, 0.29) is 17.7 Å². The van der Waals surface area contributed by atoms with Crippen LogP contribution in [0.3, 0.4) is 0 Å². The number of carbonyl (C=O) groups excluding carboxylic acids is 1. The minimum atomic E-state index is -1.65. The van der Waals surface area contributed by atoms with Gasteiger partial charge in [0.2, 0.25) is 0 Å². The number of hydrogen-bond donors (Lipinski definition) is 3. The van der Waals surface area contributed by atoms with Crippen molar-refractivity contribution in [3.8, 4) is 5.75 Å². The van der Waals surface area contributed by atoms with Crippen molar-refractivity contribution < 1.29 is 24.9 Å². The zero-order valence-corrected chi connectivity index (χ0v) is 18.8. The molecule has 32 heavy (non-hydrogen) atoms. The number of benzene rings is 2. The van der Waals surface area contributed by atoms with Crippen molar-refractivity contribution in [2.75, 3.05) is 6.61 Å². The Balaban J connectivity index is 1.47. The molecule has 3 aliphatic carbocycles. The fourth-order valence-corrected chi connectivity index (χ4v) is 5.54. The molecule has 5 rings (SSSR count). The summed E-state index contributed by atoms with van der Waals surface area (Å²) in [6, 6.07) is 11.9.